The Balaban J connectivity index is 0.000000217. The first-order chi connectivity index (χ1) is 26.6. The number of sulfonamides is 2. The Kier molecular flexibility index (Phi) is 18.6. The average molecular weight is 855 g/mol. The van der Waals surface area contributed by atoms with E-state index in [9.17, 15) is 16.8 Å². The zero-order chi connectivity index (χ0) is 40.6. The summed E-state index contributed by atoms with van der Waals surface area (Å²) in [7, 11) is -6.20. The number of benzene rings is 2. The highest BCUT2D eigenvalue weighted by atomic mass is 32.2. The lowest BCUT2D eigenvalue weighted by Gasteiger charge is -2.16. The van der Waals surface area contributed by atoms with E-state index in [1.165, 1.54) is 43.8 Å². The van der Waals surface area contributed by atoms with E-state index in [1.807, 2.05) is 0 Å². The van der Waals surface area contributed by atoms with Gasteiger partial charge in [0.05, 0.1) is 25.7 Å². The van der Waals surface area contributed by atoms with Crippen LogP contribution in [0.25, 0.3) is 20.2 Å². The van der Waals surface area contributed by atoms with Crippen molar-refractivity contribution < 1.29 is 46.1 Å². The molecule has 310 valence electrons. The number of nitrogens with zero attached hydrogens (tertiary/aromatic N) is 2. The lowest BCUT2D eigenvalue weighted by atomic mass is 10.1. The van der Waals surface area contributed by atoms with Crippen molar-refractivity contribution in [3.05, 3.63) is 70.4 Å². The molecule has 4 heterocycles. The molecule has 2 fully saturated rings. The predicted molar refractivity (Wildman–Crippen MR) is 223 cm³/mol. The molecule has 2 saturated heterocycles. The molecule has 14 nitrogen and oxygen atoms in total. The number of carboxylic acid groups (broad SMARTS) is 2. The molecule has 4 N–H and O–H groups in total. The maximum atomic E-state index is 11.3. The van der Waals surface area contributed by atoms with E-state index in [1.54, 1.807) is 22.7 Å². The van der Waals surface area contributed by atoms with Gasteiger partial charge in [0, 0.05) is 60.9 Å². The molecule has 0 bridgehead atoms. The highest BCUT2D eigenvalue weighted by Crippen LogP contribution is 2.23. The van der Waals surface area contributed by atoms with E-state index in [4.69, 9.17) is 29.3 Å². The van der Waals surface area contributed by atoms with Crippen molar-refractivity contribution in [2.24, 2.45) is 0 Å². The van der Waals surface area contributed by atoms with Gasteiger partial charge in [-0.25, -0.2) is 35.9 Å². The van der Waals surface area contributed by atoms with E-state index >= 15 is 0 Å². The van der Waals surface area contributed by atoms with E-state index < -0.39 is 32.0 Å². The Morgan fingerprint density at radius 2 is 1.09 bits per heavy atom. The zero-order valence-electron chi connectivity index (χ0n) is 31.9. The number of carbonyl (C=O) groups is 2. The topological polar surface area (TPSA) is 192 Å². The minimum Gasteiger partial charge on any atom is -0.473 e. The molecule has 0 saturated carbocycles. The van der Waals surface area contributed by atoms with Crippen LogP contribution in [0.1, 0.15) is 36.8 Å². The van der Waals surface area contributed by atoms with Gasteiger partial charge < -0.3 is 29.5 Å². The highest BCUT2D eigenvalue weighted by Gasteiger charge is 2.25. The van der Waals surface area contributed by atoms with Crippen molar-refractivity contribution in [2.45, 2.75) is 50.6 Å². The summed E-state index contributed by atoms with van der Waals surface area (Å²) in [6.07, 6.45) is 8.06. The van der Waals surface area contributed by atoms with E-state index in [2.05, 4.69) is 78.5 Å². The monoisotopic (exact) mass is 854 g/mol. The molecule has 2 aromatic carbocycles. The van der Waals surface area contributed by atoms with Gasteiger partial charge in [-0.15, -0.1) is 22.7 Å². The summed E-state index contributed by atoms with van der Waals surface area (Å²) >= 11 is 3.54. The molecule has 18 heteroatoms. The predicted octanol–water partition coefficient (Wildman–Crippen LogP) is 4.10. The fourth-order valence-corrected chi connectivity index (χ4v) is 9.71. The molecule has 2 aromatic heterocycles. The minimum atomic E-state index is -3.10. The van der Waals surface area contributed by atoms with Crippen LogP contribution in [0.15, 0.2) is 59.3 Å². The Hall–Kier alpha value is -3.04. The SMILES string of the molecule is CS(=O)(=O)NC1CCN(CCCOCCc2ccc3sccc3c2)C1.CS(=O)(=O)NC1CCN(CCCOCCc2ccc3sccc3c2)C1.O=C(O)C(=O)O. The van der Waals surface area contributed by atoms with E-state index in [0.717, 1.165) is 104 Å². The van der Waals surface area contributed by atoms with Crippen molar-refractivity contribution in [1.82, 2.24) is 19.2 Å². The van der Waals surface area contributed by atoms with Crippen LogP contribution in [-0.2, 0) is 52.0 Å². The number of hydrogen-bond acceptors (Lipinski definition) is 12. The second kappa shape index (κ2) is 22.8. The van der Waals surface area contributed by atoms with Crippen LogP contribution in [0, 0.1) is 0 Å². The van der Waals surface area contributed by atoms with Crippen molar-refractivity contribution in [2.75, 3.05) is 78.2 Å². The number of hydrogen-bond donors (Lipinski definition) is 4. The number of carboxylic acids is 2. The molecule has 0 spiro atoms. The van der Waals surface area contributed by atoms with E-state index in [-0.39, 0.29) is 12.1 Å². The first kappa shape index (κ1) is 45.7. The molecule has 0 amide bonds. The standard InChI is InChI=1S/2C18H26N2O3S2.C2H2O4/c2*1-25(21,22)19-17-5-9-20(14-17)8-2-10-23-11-6-15-3-4-18-16(13-15)7-12-24-18;3-1(4)2(5)6/h2*3-4,7,12-13,17,19H,2,5-6,8-11,14H2,1H3;(H,3,4)(H,5,6). The summed E-state index contributed by atoms with van der Waals surface area (Å²) in [5.41, 5.74) is 2.64. The minimum absolute atomic E-state index is 0.0583. The first-order valence-electron chi connectivity index (χ1n) is 18.6. The van der Waals surface area contributed by atoms with Crippen LogP contribution in [0.4, 0.5) is 0 Å². The first-order valence-corrected chi connectivity index (χ1v) is 24.1. The molecule has 2 unspecified atom stereocenters. The Morgan fingerprint density at radius 3 is 1.46 bits per heavy atom. The summed E-state index contributed by atoms with van der Waals surface area (Å²) < 4.78 is 64.6. The number of likely N-dealkylation sites (tertiary alicyclic amines) is 2. The van der Waals surface area contributed by atoms with Gasteiger partial charge in [0.25, 0.3) is 0 Å². The number of aliphatic carboxylic acids is 2. The quantitative estimate of drug-likeness (QED) is 0.0830. The molecule has 2 aliphatic rings. The van der Waals surface area contributed by atoms with Gasteiger partial charge in [0.15, 0.2) is 0 Å². The van der Waals surface area contributed by atoms with Crippen molar-refractivity contribution in [1.29, 1.82) is 0 Å². The van der Waals surface area contributed by atoms with Crippen LogP contribution in [0.5, 0.6) is 0 Å². The van der Waals surface area contributed by atoms with Crippen LogP contribution in [0.3, 0.4) is 0 Å². The number of thiophene rings is 2. The Labute approximate surface area is 337 Å². The van der Waals surface area contributed by atoms with Gasteiger partial charge >= 0.3 is 11.9 Å². The Morgan fingerprint density at radius 1 is 0.679 bits per heavy atom. The number of fused-ring (bicyclic) bond motifs is 2. The third kappa shape index (κ3) is 17.6. The van der Waals surface area contributed by atoms with Crippen LogP contribution >= 0.6 is 22.7 Å². The van der Waals surface area contributed by atoms with Crippen LogP contribution in [-0.4, -0.2) is 139 Å². The molecule has 2 aliphatic heterocycles. The normalized spacial score (nSPS) is 17.8. The van der Waals surface area contributed by atoms with Crippen molar-refractivity contribution in [3.63, 3.8) is 0 Å². The van der Waals surface area contributed by atoms with Crippen molar-refractivity contribution in [3.8, 4) is 0 Å². The third-order valence-electron chi connectivity index (χ3n) is 9.12. The maximum Gasteiger partial charge on any atom is 0.414 e. The molecule has 2 atom stereocenters. The smallest absolute Gasteiger partial charge is 0.414 e. The second-order valence-electron chi connectivity index (χ2n) is 14.0. The molecule has 0 radical (unpaired) electrons. The molecular weight excluding hydrogens is 801 g/mol. The second-order valence-corrected chi connectivity index (χ2v) is 19.4. The summed E-state index contributed by atoms with van der Waals surface area (Å²) in [4.78, 5) is 22.8. The van der Waals surface area contributed by atoms with Gasteiger partial charge in [-0.05, 0) is 109 Å². The molecule has 6 rings (SSSR count). The summed E-state index contributed by atoms with van der Waals surface area (Å²) in [5.74, 6) is -3.65. The lowest BCUT2D eigenvalue weighted by molar-refractivity contribution is -0.159. The van der Waals surface area contributed by atoms with Crippen LogP contribution < -0.4 is 9.44 Å². The molecule has 4 aromatic rings. The highest BCUT2D eigenvalue weighted by molar-refractivity contribution is 7.89. The van der Waals surface area contributed by atoms with Crippen LogP contribution in [0.2, 0.25) is 0 Å². The molecule has 56 heavy (non-hydrogen) atoms. The number of ether oxygens (including phenoxy) is 2. The zero-order valence-corrected chi connectivity index (χ0v) is 35.2. The summed E-state index contributed by atoms with van der Waals surface area (Å²) in [5, 5.41) is 21.7. The van der Waals surface area contributed by atoms with E-state index in [0.29, 0.717) is 0 Å². The van der Waals surface area contributed by atoms with Gasteiger partial charge in [-0.2, -0.15) is 0 Å². The third-order valence-corrected chi connectivity index (χ3v) is 12.4. The molecule has 0 aliphatic carbocycles. The number of nitrogens with one attached hydrogen (secondary N) is 2. The summed E-state index contributed by atoms with van der Waals surface area (Å²) in [6, 6.07) is 17.7. The van der Waals surface area contributed by atoms with Gasteiger partial charge in [-0.3, -0.25) is 0 Å². The lowest BCUT2D eigenvalue weighted by Crippen LogP contribution is -2.36. The largest absolute Gasteiger partial charge is 0.473 e. The van der Waals surface area contributed by atoms with Gasteiger partial charge in [0.1, 0.15) is 0 Å². The van der Waals surface area contributed by atoms with Gasteiger partial charge in [0.2, 0.25) is 20.0 Å². The fourth-order valence-electron chi connectivity index (χ4n) is 6.58. The maximum absolute atomic E-state index is 11.3. The summed E-state index contributed by atoms with van der Waals surface area (Å²) in [6.45, 7) is 8.42. The number of rotatable bonds is 18. The van der Waals surface area contributed by atoms with Crippen molar-refractivity contribution >= 4 is 74.8 Å². The average Bonchev–Trinajstić information content (AvgIpc) is 3.95. The fraction of sp³-hybridized carbons (Fsp3) is 0.526. The Bertz CT molecular complexity index is 1910. The van der Waals surface area contributed by atoms with Gasteiger partial charge in [-0.1, -0.05) is 24.3 Å². The molecular formula is C38H54N4O10S4.